The molecule has 31 heavy (non-hydrogen) atoms. The first-order valence-corrected chi connectivity index (χ1v) is 9.91. The lowest BCUT2D eigenvalue weighted by molar-refractivity contribution is -0.165. The Morgan fingerprint density at radius 2 is 1.52 bits per heavy atom. The average Bonchev–Trinajstić information content (AvgIpc) is 2.75. The number of para-hydroxylation sites is 1. The van der Waals surface area contributed by atoms with Crippen molar-refractivity contribution >= 4 is 34.1 Å². The zero-order valence-electron chi connectivity index (χ0n) is 17.7. The summed E-state index contributed by atoms with van der Waals surface area (Å²) in [4.78, 5) is 38.3. The molecule has 0 N–H and O–H groups in total. The van der Waals surface area contributed by atoms with Gasteiger partial charge in [-0.2, -0.15) is 0 Å². The molecule has 3 aromatic rings. The molecule has 0 radical (unpaired) electrons. The molecule has 1 amide bonds. The Labute approximate surface area is 180 Å². The SMILES string of the molecule is CC(C)(C)OC(=O)C(=O)C(F)C(=O)N(Cc1ccc2ccccc2c1)c1ccccc1. The van der Waals surface area contributed by atoms with Crippen LogP contribution in [0.25, 0.3) is 10.8 Å². The molecule has 0 heterocycles. The van der Waals surface area contributed by atoms with Gasteiger partial charge in [-0.05, 0) is 55.3 Å². The Bertz CT molecular complexity index is 1110. The van der Waals surface area contributed by atoms with E-state index in [0.717, 1.165) is 21.2 Å². The van der Waals surface area contributed by atoms with Crippen LogP contribution in [0, 0.1) is 0 Å². The number of halogens is 1. The first kappa shape index (κ1) is 22.2. The number of hydrogen-bond donors (Lipinski definition) is 0. The summed E-state index contributed by atoms with van der Waals surface area (Å²) in [6, 6.07) is 21.9. The van der Waals surface area contributed by atoms with Crippen LogP contribution in [0.1, 0.15) is 26.3 Å². The van der Waals surface area contributed by atoms with Crippen LogP contribution in [0.2, 0.25) is 0 Å². The number of esters is 1. The molecule has 0 aliphatic heterocycles. The van der Waals surface area contributed by atoms with Crippen LogP contribution in [0.5, 0.6) is 0 Å². The van der Waals surface area contributed by atoms with E-state index in [-0.39, 0.29) is 6.54 Å². The van der Waals surface area contributed by atoms with Crippen molar-refractivity contribution in [2.75, 3.05) is 4.90 Å². The summed E-state index contributed by atoms with van der Waals surface area (Å²) < 4.78 is 19.8. The maximum absolute atomic E-state index is 14.9. The Balaban J connectivity index is 1.88. The standard InChI is InChI=1S/C25H24FNO4/c1-25(2,3)31-24(30)22(28)21(26)23(29)27(20-11-5-4-6-12-20)16-17-13-14-18-9-7-8-10-19(18)15-17/h4-15,21H,16H2,1-3H3. The van der Waals surface area contributed by atoms with Crippen molar-refractivity contribution in [2.45, 2.75) is 39.1 Å². The molecule has 160 valence electrons. The van der Waals surface area contributed by atoms with E-state index < -0.39 is 29.4 Å². The highest BCUT2D eigenvalue weighted by Crippen LogP contribution is 2.22. The first-order chi connectivity index (χ1) is 14.7. The second-order valence-corrected chi connectivity index (χ2v) is 8.17. The fourth-order valence-corrected chi connectivity index (χ4v) is 3.10. The number of Topliss-reactive ketones (excluding diaryl/α,β-unsaturated/α-hetero) is 1. The molecule has 1 unspecified atom stereocenters. The highest BCUT2D eigenvalue weighted by molar-refractivity contribution is 6.40. The number of carbonyl (C=O) groups is 3. The lowest BCUT2D eigenvalue weighted by Crippen LogP contribution is -2.44. The van der Waals surface area contributed by atoms with Crippen molar-refractivity contribution in [1.29, 1.82) is 0 Å². The zero-order valence-corrected chi connectivity index (χ0v) is 17.7. The molecule has 0 aromatic heterocycles. The van der Waals surface area contributed by atoms with Gasteiger partial charge in [0.15, 0.2) is 0 Å². The summed E-state index contributed by atoms with van der Waals surface area (Å²) in [5.74, 6) is -4.00. The monoisotopic (exact) mass is 421 g/mol. The molecule has 0 bridgehead atoms. The van der Waals surface area contributed by atoms with Crippen molar-refractivity contribution in [3.63, 3.8) is 0 Å². The third-order valence-electron chi connectivity index (χ3n) is 4.54. The largest absolute Gasteiger partial charge is 0.454 e. The maximum Gasteiger partial charge on any atom is 0.378 e. The van der Waals surface area contributed by atoms with Gasteiger partial charge in [-0.3, -0.25) is 9.59 Å². The van der Waals surface area contributed by atoms with Gasteiger partial charge >= 0.3 is 5.97 Å². The quantitative estimate of drug-likeness (QED) is 0.331. The van der Waals surface area contributed by atoms with E-state index >= 15 is 0 Å². The van der Waals surface area contributed by atoms with E-state index in [4.69, 9.17) is 4.74 Å². The summed E-state index contributed by atoms with van der Waals surface area (Å²) in [5, 5.41) is 2.01. The summed E-state index contributed by atoms with van der Waals surface area (Å²) >= 11 is 0. The molecule has 3 rings (SSSR count). The van der Waals surface area contributed by atoms with Crippen LogP contribution in [-0.2, 0) is 25.7 Å². The first-order valence-electron chi connectivity index (χ1n) is 9.91. The van der Waals surface area contributed by atoms with Gasteiger partial charge in [0.05, 0.1) is 6.54 Å². The summed E-state index contributed by atoms with van der Waals surface area (Å²) in [6.07, 6.45) is -2.66. The number of nitrogens with zero attached hydrogens (tertiary/aromatic N) is 1. The van der Waals surface area contributed by atoms with E-state index in [0.29, 0.717) is 5.69 Å². The van der Waals surface area contributed by atoms with Crippen LogP contribution in [-0.4, -0.2) is 29.4 Å². The molecule has 0 aliphatic rings. The fraction of sp³-hybridized carbons (Fsp3) is 0.240. The van der Waals surface area contributed by atoms with Crippen molar-refractivity contribution < 1.29 is 23.5 Å². The molecule has 0 aliphatic carbocycles. The number of hydrogen-bond acceptors (Lipinski definition) is 4. The molecule has 5 nitrogen and oxygen atoms in total. The zero-order chi connectivity index (χ0) is 22.6. The van der Waals surface area contributed by atoms with Crippen LogP contribution in [0.4, 0.5) is 10.1 Å². The Kier molecular flexibility index (Phi) is 6.49. The predicted octanol–water partition coefficient (Wildman–Crippen LogP) is 4.62. The smallest absolute Gasteiger partial charge is 0.378 e. The second kappa shape index (κ2) is 9.08. The number of ketones is 1. The lowest BCUT2D eigenvalue weighted by atomic mass is 10.1. The van der Waals surface area contributed by atoms with E-state index in [1.807, 2.05) is 42.5 Å². The van der Waals surface area contributed by atoms with Crippen molar-refractivity contribution in [1.82, 2.24) is 0 Å². The Morgan fingerprint density at radius 3 is 2.16 bits per heavy atom. The van der Waals surface area contributed by atoms with Crippen molar-refractivity contribution in [2.24, 2.45) is 0 Å². The third-order valence-corrected chi connectivity index (χ3v) is 4.54. The topological polar surface area (TPSA) is 63.7 Å². The number of amides is 1. The number of alkyl halides is 1. The highest BCUT2D eigenvalue weighted by atomic mass is 19.1. The van der Waals surface area contributed by atoms with E-state index in [2.05, 4.69) is 0 Å². The summed E-state index contributed by atoms with van der Waals surface area (Å²) in [6.45, 7) is 4.71. The molecule has 0 saturated heterocycles. The summed E-state index contributed by atoms with van der Waals surface area (Å²) in [5.41, 5.74) is 0.202. The van der Waals surface area contributed by atoms with Gasteiger partial charge in [0.25, 0.3) is 11.7 Å². The van der Waals surface area contributed by atoms with Gasteiger partial charge in [0.1, 0.15) is 5.60 Å². The van der Waals surface area contributed by atoms with E-state index in [1.54, 1.807) is 51.1 Å². The number of ether oxygens (including phenoxy) is 1. The molecular formula is C25H24FNO4. The molecular weight excluding hydrogens is 397 g/mol. The average molecular weight is 421 g/mol. The maximum atomic E-state index is 14.9. The van der Waals surface area contributed by atoms with Crippen LogP contribution >= 0.6 is 0 Å². The van der Waals surface area contributed by atoms with Crippen molar-refractivity contribution in [3.8, 4) is 0 Å². The van der Waals surface area contributed by atoms with Gasteiger partial charge in [0, 0.05) is 5.69 Å². The van der Waals surface area contributed by atoms with Gasteiger partial charge < -0.3 is 9.64 Å². The fourth-order valence-electron chi connectivity index (χ4n) is 3.10. The minimum atomic E-state index is -2.66. The molecule has 0 saturated carbocycles. The molecule has 6 heteroatoms. The highest BCUT2D eigenvalue weighted by Gasteiger charge is 2.38. The number of benzene rings is 3. The van der Waals surface area contributed by atoms with Crippen molar-refractivity contribution in [3.05, 3.63) is 78.4 Å². The normalized spacial score (nSPS) is 12.3. The number of fused-ring (bicyclic) bond motifs is 1. The number of carbonyl (C=O) groups excluding carboxylic acids is 3. The minimum Gasteiger partial charge on any atom is -0.454 e. The number of rotatable bonds is 6. The van der Waals surface area contributed by atoms with E-state index in [9.17, 15) is 18.8 Å². The van der Waals surface area contributed by atoms with E-state index in [1.165, 1.54) is 0 Å². The Morgan fingerprint density at radius 1 is 0.903 bits per heavy atom. The van der Waals surface area contributed by atoms with Gasteiger partial charge in [0.2, 0.25) is 6.17 Å². The number of anilines is 1. The minimum absolute atomic E-state index is 0.0374. The molecule has 0 spiro atoms. The summed E-state index contributed by atoms with van der Waals surface area (Å²) in [7, 11) is 0. The molecule has 0 fully saturated rings. The third kappa shape index (κ3) is 5.54. The van der Waals surface area contributed by atoms with Gasteiger partial charge in [-0.1, -0.05) is 54.6 Å². The molecule has 1 atom stereocenters. The predicted molar refractivity (Wildman–Crippen MR) is 117 cm³/mol. The van der Waals surface area contributed by atoms with Gasteiger partial charge in [-0.15, -0.1) is 0 Å². The van der Waals surface area contributed by atoms with Crippen LogP contribution in [0.15, 0.2) is 72.8 Å². The lowest BCUT2D eigenvalue weighted by Gasteiger charge is -2.25. The molecule has 3 aromatic carbocycles. The van der Waals surface area contributed by atoms with Gasteiger partial charge in [-0.25, -0.2) is 9.18 Å². The van der Waals surface area contributed by atoms with Crippen LogP contribution < -0.4 is 4.90 Å². The van der Waals surface area contributed by atoms with Crippen LogP contribution in [0.3, 0.4) is 0 Å². The Hall–Kier alpha value is -3.54. The second-order valence-electron chi connectivity index (χ2n) is 8.17.